The second-order valence-corrected chi connectivity index (χ2v) is 11.0. The van der Waals surface area contributed by atoms with Crippen LogP contribution in [0.1, 0.15) is 45.6 Å². The molecule has 0 saturated carbocycles. The van der Waals surface area contributed by atoms with E-state index in [2.05, 4.69) is 22.0 Å². The number of hydrogen-bond acceptors (Lipinski definition) is 5. The van der Waals surface area contributed by atoms with Crippen molar-refractivity contribution in [1.29, 1.82) is 0 Å². The zero-order valence-electron chi connectivity index (χ0n) is 23.0. The van der Waals surface area contributed by atoms with Gasteiger partial charge in [-0.05, 0) is 78.7 Å². The molecule has 3 heterocycles. The Balaban J connectivity index is 1.11. The molecule has 0 spiro atoms. The molecule has 5 rings (SSSR count). The Morgan fingerprint density at radius 2 is 1.86 bits per heavy atom. The van der Waals surface area contributed by atoms with Gasteiger partial charge in [0.05, 0.1) is 6.54 Å². The number of amides is 3. The number of rotatable bonds is 11. The molecule has 2 aromatic carbocycles. The SMILES string of the molecule is O=C(CCCNC(=O)c1cccn(Cc2ccc(F)c(F)c2)c1=O)Nc1ccc2c(c1)/C(=C/CCc1cccs1)C(=O)N2. The molecule has 11 heteroatoms. The average Bonchev–Trinajstić information content (AvgIpc) is 3.61. The molecule has 0 aliphatic carbocycles. The summed E-state index contributed by atoms with van der Waals surface area (Å²) in [7, 11) is 0. The van der Waals surface area contributed by atoms with Crippen LogP contribution in [0.2, 0.25) is 0 Å². The van der Waals surface area contributed by atoms with Crippen LogP contribution in [0.15, 0.2) is 83.1 Å². The van der Waals surface area contributed by atoms with E-state index < -0.39 is 23.1 Å². The maximum absolute atomic E-state index is 13.5. The number of hydrogen-bond donors (Lipinski definition) is 3. The van der Waals surface area contributed by atoms with Crippen molar-refractivity contribution in [2.45, 2.75) is 32.2 Å². The van der Waals surface area contributed by atoms with Gasteiger partial charge in [-0.25, -0.2) is 8.78 Å². The molecule has 0 saturated heterocycles. The minimum atomic E-state index is -1.02. The predicted octanol–water partition coefficient (Wildman–Crippen LogP) is 5.35. The van der Waals surface area contributed by atoms with Crippen LogP contribution in [0.25, 0.3) is 5.57 Å². The van der Waals surface area contributed by atoms with E-state index in [0.717, 1.165) is 30.5 Å². The van der Waals surface area contributed by atoms with Crippen molar-refractivity contribution >= 4 is 46.0 Å². The molecular weight excluding hydrogens is 574 g/mol. The second kappa shape index (κ2) is 13.4. The fourth-order valence-electron chi connectivity index (χ4n) is 4.72. The number of pyridine rings is 1. The van der Waals surface area contributed by atoms with Gasteiger partial charge in [-0.2, -0.15) is 0 Å². The van der Waals surface area contributed by atoms with E-state index in [-0.39, 0.29) is 36.9 Å². The number of aryl methyl sites for hydroxylation is 1. The first kappa shape index (κ1) is 29.6. The molecule has 0 atom stereocenters. The monoisotopic (exact) mass is 602 g/mol. The average molecular weight is 603 g/mol. The van der Waals surface area contributed by atoms with Gasteiger partial charge in [0.1, 0.15) is 5.56 Å². The molecule has 0 unspecified atom stereocenters. The lowest BCUT2D eigenvalue weighted by Crippen LogP contribution is -2.33. The van der Waals surface area contributed by atoms with Gasteiger partial charge in [0.25, 0.3) is 17.4 Å². The number of halogens is 2. The van der Waals surface area contributed by atoms with E-state index in [1.165, 1.54) is 33.8 Å². The first-order chi connectivity index (χ1) is 20.8. The third kappa shape index (κ3) is 7.31. The van der Waals surface area contributed by atoms with Crippen LogP contribution in [-0.4, -0.2) is 28.8 Å². The second-order valence-electron chi connectivity index (χ2n) is 9.96. The number of thiophene rings is 1. The standard InChI is InChI=1S/C32H28F2N4O4S/c33-26-12-10-20(17-27(26)34)19-38-15-3-8-24(32(38)42)30(40)35-14-2-9-29(39)36-21-11-13-28-25(18-21)23(31(41)37-28)7-1-5-22-6-4-16-43-22/h3-4,6-8,10-13,15-18H,1-2,5,9,14,19H2,(H,35,40)(H,36,39)(H,37,41)/b23-7-. The van der Waals surface area contributed by atoms with Crippen LogP contribution < -0.4 is 21.5 Å². The van der Waals surface area contributed by atoms with Gasteiger partial charge >= 0.3 is 0 Å². The first-order valence-electron chi connectivity index (χ1n) is 13.7. The highest BCUT2D eigenvalue weighted by molar-refractivity contribution is 7.09. The lowest BCUT2D eigenvalue weighted by Gasteiger charge is -2.10. The van der Waals surface area contributed by atoms with Crippen molar-refractivity contribution in [3.8, 4) is 0 Å². The maximum atomic E-state index is 13.5. The number of anilines is 2. The Morgan fingerprint density at radius 3 is 2.65 bits per heavy atom. The summed E-state index contributed by atoms with van der Waals surface area (Å²) < 4.78 is 28.0. The summed E-state index contributed by atoms with van der Waals surface area (Å²) in [5.41, 5.74) is 2.26. The molecule has 0 fully saturated rings. The number of carbonyl (C=O) groups is 3. The molecule has 3 N–H and O–H groups in total. The van der Waals surface area contributed by atoms with E-state index in [0.29, 0.717) is 28.9 Å². The summed E-state index contributed by atoms with van der Waals surface area (Å²) in [5.74, 6) is -3.03. The van der Waals surface area contributed by atoms with Gasteiger partial charge in [-0.15, -0.1) is 11.3 Å². The zero-order chi connectivity index (χ0) is 30.3. The summed E-state index contributed by atoms with van der Waals surface area (Å²) in [6, 6.07) is 15.5. The third-order valence-electron chi connectivity index (χ3n) is 6.87. The van der Waals surface area contributed by atoms with E-state index in [1.54, 1.807) is 29.5 Å². The number of carbonyl (C=O) groups excluding carboxylic acids is 3. The molecule has 0 radical (unpaired) electrons. The van der Waals surface area contributed by atoms with E-state index in [4.69, 9.17) is 0 Å². The smallest absolute Gasteiger partial charge is 0.263 e. The summed E-state index contributed by atoms with van der Waals surface area (Å²) in [6.07, 6.45) is 5.38. The van der Waals surface area contributed by atoms with Gasteiger partial charge in [-0.1, -0.05) is 18.2 Å². The Kier molecular flexibility index (Phi) is 9.21. The maximum Gasteiger partial charge on any atom is 0.263 e. The Hall–Kier alpha value is -4.90. The van der Waals surface area contributed by atoms with Gasteiger partial charge in [-0.3, -0.25) is 19.2 Å². The Morgan fingerprint density at radius 1 is 1.00 bits per heavy atom. The third-order valence-corrected chi connectivity index (χ3v) is 7.81. The quantitative estimate of drug-likeness (QED) is 0.159. The lowest BCUT2D eigenvalue weighted by molar-refractivity contribution is -0.116. The molecule has 1 aliphatic rings. The fraction of sp³-hybridized carbons (Fsp3) is 0.188. The van der Waals surface area contributed by atoms with Gasteiger partial charge in [0.2, 0.25) is 5.91 Å². The van der Waals surface area contributed by atoms with E-state index >= 15 is 0 Å². The molecule has 43 heavy (non-hydrogen) atoms. The highest BCUT2D eigenvalue weighted by Crippen LogP contribution is 2.34. The molecule has 4 aromatic rings. The van der Waals surface area contributed by atoms with Crippen molar-refractivity contribution in [3.63, 3.8) is 0 Å². The number of nitrogens with zero attached hydrogens (tertiary/aromatic N) is 1. The molecule has 220 valence electrons. The number of fused-ring (bicyclic) bond motifs is 1. The van der Waals surface area contributed by atoms with Crippen molar-refractivity contribution < 1.29 is 23.2 Å². The first-order valence-corrected chi connectivity index (χ1v) is 14.6. The van der Waals surface area contributed by atoms with E-state index in [1.807, 2.05) is 17.5 Å². The van der Waals surface area contributed by atoms with Crippen molar-refractivity contribution in [3.05, 3.63) is 122 Å². The lowest BCUT2D eigenvalue weighted by atomic mass is 10.0. The number of allylic oxidation sites excluding steroid dienone is 1. The molecule has 1 aliphatic heterocycles. The van der Waals surface area contributed by atoms with Crippen LogP contribution in [0, 0.1) is 11.6 Å². The normalized spacial score (nSPS) is 13.1. The van der Waals surface area contributed by atoms with Crippen LogP contribution in [0.4, 0.5) is 20.2 Å². The predicted molar refractivity (Wildman–Crippen MR) is 162 cm³/mol. The molecular formula is C32H28F2N4O4S. The summed E-state index contributed by atoms with van der Waals surface area (Å²) in [5, 5.41) is 10.4. The number of aromatic nitrogens is 1. The molecule has 2 aromatic heterocycles. The Labute approximate surface area is 250 Å². The highest BCUT2D eigenvalue weighted by atomic mass is 32.1. The van der Waals surface area contributed by atoms with Gasteiger partial charge in [0.15, 0.2) is 11.6 Å². The topological polar surface area (TPSA) is 109 Å². The highest BCUT2D eigenvalue weighted by Gasteiger charge is 2.24. The van der Waals surface area contributed by atoms with Crippen LogP contribution >= 0.6 is 11.3 Å². The largest absolute Gasteiger partial charge is 0.352 e. The van der Waals surface area contributed by atoms with Gasteiger partial charge < -0.3 is 20.5 Å². The van der Waals surface area contributed by atoms with Crippen molar-refractivity contribution in [1.82, 2.24) is 9.88 Å². The van der Waals surface area contributed by atoms with Crippen molar-refractivity contribution in [2.24, 2.45) is 0 Å². The fourth-order valence-corrected chi connectivity index (χ4v) is 5.45. The summed E-state index contributed by atoms with van der Waals surface area (Å²) in [6.45, 7) is 0.125. The van der Waals surface area contributed by atoms with Crippen LogP contribution in [0.5, 0.6) is 0 Å². The minimum Gasteiger partial charge on any atom is -0.352 e. The van der Waals surface area contributed by atoms with Crippen molar-refractivity contribution in [2.75, 3.05) is 17.2 Å². The zero-order valence-corrected chi connectivity index (χ0v) is 23.8. The molecule has 8 nitrogen and oxygen atoms in total. The Bertz CT molecular complexity index is 1770. The molecule has 0 bridgehead atoms. The summed E-state index contributed by atoms with van der Waals surface area (Å²) in [4.78, 5) is 51.7. The minimum absolute atomic E-state index is 0.0311. The number of benzene rings is 2. The van der Waals surface area contributed by atoms with Gasteiger partial charge in [0, 0.05) is 46.6 Å². The number of nitrogens with one attached hydrogen (secondary N) is 3. The molecule has 3 amide bonds. The summed E-state index contributed by atoms with van der Waals surface area (Å²) >= 11 is 1.68. The van der Waals surface area contributed by atoms with Crippen LogP contribution in [0.3, 0.4) is 0 Å². The van der Waals surface area contributed by atoms with Crippen LogP contribution in [-0.2, 0) is 22.6 Å². The van der Waals surface area contributed by atoms with E-state index in [9.17, 15) is 28.0 Å².